The molecule has 7 heteroatoms. The van der Waals surface area contributed by atoms with Gasteiger partial charge in [-0.1, -0.05) is 6.92 Å². The lowest BCUT2D eigenvalue weighted by Crippen LogP contribution is -2.24. The molecule has 7 nitrogen and oxygen atoms in total. The normalized spacial score (nSPS) is 23.7. The van der Waals surface area contributed by atoms with Gasteiger partial charge < -0.3 is 15.0 Å². The lowest BCUT2D eigenvalue weighted by Gasteiger charge is -2.16. The fourth-order valence-electron chi connectivity index (χ4n) is 2.45. The van der Waals surface area contributed by atoms with Crippen molar-refractivity contribution in [1.82, 2.24) is 19.9 Å². The van der Waals surface area contributed by atoms with E-state index in [1.165, 1.54) is 6.33 Å². The van der Waals surface area contributed by atoms with E-state index in [1.807, 2.05) is 11.8 Å². The molecule has 1 aliphatic rings. The van der Waals surface area contributed by atoms with Gasteiger partial charge in [0, 0.05) is 13.1 Å². The summed E-state index contributed by atoms with van der Waals surface area (Å²) in [5.74, 6) is -0.263. The standard InChI is InChI=1S/C11H13N5O2/c1-6-2-16(3-7(6)11(17)18)10-8-9(13-4-12-8)14-5-15-10/h4-7H,2-3H2,1H3,(H,17,18)(H,12,13,14,15). The summed E-state index contributed by atoms with van der Waals surface area (Å²) in [4.78, 5) is 28.5. The predicted molar refractivity (Wildman–Crippen MR) is 64.2 cm³/mol. The van der Waals surface area contributed by atoms with Crippen molar-refractivity contribution in [1.29, 1.82) is 0 Å². The molecule has 2 unspecified atom stereocenters. The first-order chi connectivity index (χ1) is 8.66. The van der Waals surface area contributed by atoms with Crippen LogP contribution in [-0.4, -0.2) is 44.1 Å². The minimum Gasteiger partial charge on any atom is -0.481 e. The minimum absolute atomic E-state index is 0.107. The number of rotatable bonds is 2. The second-order valence-corrected chi connectivity index (χ2v) is 4.63. The van der Waals surface area contributed by atoms with Crippen molar-refractivity contribution in [2.24, 2.45) is 11.8 Å². The van der Waals surface area contributed by atoms with Crippen molar-refractivity contribution in [3.63, 3.8) is 0 Å². The van der Waals surface area contributed by atoms with Crippen LogP contribution >= 0.6 is 0 Å². The zero-order valence-corrected chi connectivity index (χ0v) is 9.87. The maximum atomic E-state index is 11.1. The number of hydrogen-bond acceptors (Lipinski definition) is 5. The van der Waals surface area contributed by atoms with Crippen LogP contribution in [0.3, 0.4) is 0 Å². The number of imidazole rings is 1. The van der Waals surface area contributed by atoms with E-state index in [2.05, 4.69) is 19.9 Å². The summed E-state index contributed by atoms with van der Waals surface area (Å²) in [6.07, 6.45) is 3.02. The Balaban J connectivity index is 1.97. The zero-order chi connectivity index (χ0) is 12.7. The fraction of sp³-hybridized carbons (Fsp3) is 0.455. The molecule has 0 aromatic carbocycles. The minimum atomic E-state index is -0.750. The van der Waals surface area contributed by atoms with Gasteiger partial charge in [-0.2, -0.15) is 0 Å². The largest absolute Gasteiger partial charge is 0.481 e. The highest BCUT2D eigenvalue weighted by Gasteiger charge is 2.36. The van der Waals surface area contributed by atoms with Crippen LogP contribution in [0.15, 0.2) is 12.7 Å². The lowest BCUT2D eigenvalue weighted by molar-refractivity contribution is -0.142. The van der Waals surface area contributed by atoms with Crippen molar-refractivity contribution in [2.45, 2.75) is 6.92 Å². The van der Waals surface area contributed by atoms with Crippen molar-refractivity contribution < 1.29 is 9.90 Å². The van der Waals surface area contributed by atoms with Gasteiger partial charge in [0.1, 0.15) is 11.8 Å². The molecule has 1 aliphatic heterocycles. The van der Waals surface area contributed by atoms with E-state index in [-0.39, 0.29) is 11.8 Å². The molecular weight excluding hydrogens is 234 g/mol. The summed E-state index contributed by atoms with van der Waals surface area (Å²) in [5, 5.41) is 9.14. The quantitative estimate of drug-likeness (QED) is 0.802. The Hall–Kier alpha value is -2.18. The van der Waals surface area contributed by atoms with Gasteiger partial charge in [0.15, 0.2) is 11.5 Å². The van der Waals surface area contributed by atoms with Gasteiger partial charge in [0.25, 0.3) is 0 Å². The van der Waals surface area contributed by atoms with Crippen LogP contribution in [0, 0.1) is 11.8 Å². The molecule has 2 atom stereocenters. The highest BCUT2D eigenvalue weighted by atomic mass is 16.4. The maximum absolute atomic E-state index is 11.1. The third kappa shape index (κ3) is 1.59. The second kappa shape index (κ2) is 3.94. The summed E-state index contributed by atoms with van der Waals surface area (Å²) in [7, 11) is 0. The number of anilines is 1. The average Bonchev–Trinajstić information content (AvgIpc) is 2.94. The van der Waals surface area contributed by atoms with Crippen molar-refractivity contribution in [2.75, 3.05) is 18.0 Å². The molecule has 0 spiro atoms. The Morgan fingerprint density at radius 3 is 3.00 bits per heavy atom. The number of aromatic nitrogens is 4. The first kappa shape index (κ1) is 10.9. The number of aliphatic carboxylic acids is 1. The SMILES string of the molecule is CC1CN(c2ncnc3nc[nH]c23)CC1C(=O)O. The van der Waals surface area contributed by atoms with E-state index in [0.29, 0.717) is 18.7 Å². The Morgan fingerprint density at radius 2 is 2.28 bits per heavy atom. The molecule has 94 valence electrons. The molecule has 18 heavy (non-hydrogen) atoms. The van der Waals surface area contributed by atoms with Gasteiger partial charge in [-0.15, -0.1) is 0 Å². The highest BCUT2D eigenvalue weighted by molar-refractivity contribution is 5.83. The number of hydrogen-bond donors (Lipinski definition) is 2. The van der Waals surface area contributed by atoms with Crippen LogP contribution in [0.4, 0.5) is 5.82 Å². The van der Waals surface area contributed by atoms with Crippen molar-refractivity contribution in [3.8, 4) is 0 Å². The van der Waals surface area contributed by atoms with Crippen molar-refractivity contribution >= 4 is 23.0 Å². The van der Waals surface area contributed by atoms with Crippen LogP contribution < -0.4 is 4.90 Å². The van der Waals surface area contributed by atoms with Crippen LogP contribution in [0.1, 0.15) is 6.92 Å². The molecule has 2 aromatic rings. The summed E-state index contributed by atoms with van der Waals surface area (Å²) in [6.45, 7) is 3.11. The molecule has 0 amide bonds. The lowest BCUT2D eigenvalue weighted by atomic mass is 9.99. The zero-order valence-electron chi connectivity index (χ0n) is 9.87. The molecule has 1 saturated heterocycles. The molecule has 1 fully saturated rings. The van der Waals surface area contributed by atoms with Crippen LogP contribution in [0.5, 0.6) is 0 Å². The molecular formula is C11H13N5O2. The number of fused-ring (bicyclic) bond motifs is 1. The number of aromatic amines is 1. The van der Waals surface area contributed by atoms with Crippen LogP contribution in [-0.2, 0) is 4.79 Å². The van der Waals surface area contributed by atoms with E-state index >= 15 is 0 Å². The van der Waals surface area contributed by atoms with Crippen LogP contribution in [0.2, 0.25) is 0 Å². The monoisotopic (exact) mass is 247 g/mol. The van der Waals surface area contributed by atoms with E-state index in [0.717, 1.165) is 11.3 Å². The molecule has 0 bridgehead atoms. The third-order valence-electron chi connectivity index (χ3n) is 3.43. The topological polar surface area (TPSA) is 95.0 Å². The molecule has 3 heterocycles. The first-order valence-electron chi connectivity index (χ1n) is 5.78. The van der Waals surface area contributed by atoms with E-state index in [4.69, 9.17) is 5.11 Å². The number of carboxylic acid groups (broad SMARTS) is 1. The number of nitrogens with one attached hydrogen (secondary N) is 1. The molecule has 0 saturated carbocycles. The molecule has 2 aromatic heterocycles. The van der Waals surface area contributed by atoms with Crippen molar-refractivity contribution in [3.05, 3.63) is 12.7 Å². The Labute approximate surface area is 103 Å². The Morgan fingerprint density at radius 1 is 1.44 bits per heavy atom. The van der Waals surface area contributed by atoms with E-state index in [1.54, 1.807) is 6.33 Å². The third-order valence-corrected chi connectivity index (χ3v) is 3.43. The van der Waals surface area contributed by atoms with Gasteiger partial charge >= 0.3 is 5.97 Å². The Kier molecular flexibility index (Phi) is 2.39. The van der Waals surface area contributed by atoms with Crippen LogP contribution in [0.25, 0.3) is 11.2 Å². The summed E-state index contributed by atoms with van der Waals surface area (Å²) in [5.41, 5.74) is 1.36. The van der Waals surface area contributed by atoms with E-state index in [9.17, 15) is 4.79 Å². The smallest absolute Gasteiger partial charge is 0.308 e. The van der Waals surface area contributed by atoms with Gasteiger partial charge in [-0.25, -0.2) is 15.0 Å². The summed E-state index contributed by atoms with van der Waals surface area (Å²) in [6, 6.07) is 0. The number of H-pyrrole nitrogens is 1. The van der Waals surface area contributed by atoms with Gasteiger partial charge in [-0.3, -0.25) is 4.79 Å². The van der Waals surface area contributed by atoms with Gasteiger partial charge in [0.05, 0.1) is 12.2 Å². The fourth-order valence-corrected chi connectivity index (χ4v) is 2.45. The summed E-state index contributed by atoms with van der Waals surface area (Å²) < 4.78 is 0. The summed E-state index contributed by atoms with van der Waals surface area (Å²) >= 11 is 0. The number of carboxylic acids is 1. The molecule has 0 radical (unpaired) electrons. The van der Waals surface area contributed by atoms with Gasteiger partial charge in [0.2, 0.25) is 0 Å². The number of nitrogens with zero attached hydrogens (tertiary/aromatic N) is 4. The molecule has 3 rings (SSSR count). The van der Waals surface area contributed by atoms with Gasteiger partial charge in [-0.05, 0) is 5.92 Å². The Bertz CT molecular complexity index is 596. The maximum Gasteiger partial charge on any atom is 0.308 e. The highest BCUT2D eigenvalue weighted by Crippen LogP contribution is 2.29. The average molecular weight is 247 g/mol. The second-order valence-electron chi connectivity index (χ2n) is 4.63. The number of carbonyl (C=O) groups is 1. The first-order valence-corrected chi connectivity index (χ1v) is 5.78. The predicted octanol–water partition coefficient (Wildman–Crippen LogP) is 0.510. The molecule has 0 aliphatic carbocycles. The molecule has 2 N–H and O–H groups in total. The van der Waals surface area contributed by atoms with E-state index < -0.39 is 5.97 Å².